The Labute approximate surface area is 243 Å². The fourth-order valence-corrected chi connectivity index (χ4v) is 5.97. The lowest BCUT2D eigenvalue weighted by Crippen LogP contribution is -2.25. The Morgan fingerprint density at radius 2 is 1.98 bits per heavy atom. The molecule has 3 aromatic heterocycles. The van der Waals surface area contributed by atoms with Gasteiger partial charge in [-0.2, -0.15) is 5.10 Å². The number of hydrogen-bond donors (Lipinski definition) is 1. The van der Waals surface area contributed by atoms with Crippen LogP contribution >= 0.6 is 0 Å². The summed E-state index contributed by atoms with van der Waals surface area (Å²) in [5.74, 6) is -0.0556. The summed E-state index contributed by atoms with van der Waals surface area (Å²) in [6, 6.07) is 7.23. The zero-order valence-corrected chi connectivity index (χ0v) is 24.9. The van der Waals surface area contributed by atoms with Gasteiger partial charge in [0.25, 0.3) is 0 Å². The van der Waals surface area contributed by atoms with E-state index in [1.807, 2.05) is 36.9 Å². The molecule has 2 fully saturated rings. The van der Waals surface area contributed by atoms with Gasteiger partial charge in [0.05, 0.1) is 41.1 Å². The number of benzene rings is 1. The van der Waals surface area contributed by atoms with Crippen LogP contribution in [0.5, 0.6) is 0 Å². The number of ether oxygens (including phenoxy) is 1. The Morgan fingerprint density at radius 1 is 1.19 bits per heavy atom. The van der Waals surface area contributed by atoms with Crippen molar-refractivity contribution in [3.63, 3.8) is 0 Å². The van der Waals surface area contributed by atoms with E-state index in [1.54, 1.807) is 23.0 Å². The third kappa shape index (κ3) is 5.50. The first-order valence-corrected chi connectivity index (χ1v) is 15.9. The molecule has 0 spiro atoms. The normalized spacial score (nSPS) is 20.5. The van der Waals surface area contributed by atoms with Crippen molar-refractivity contribution in [3.8, 4) is 11.1 Å². The number of sulfonamides is 1. The predicted octanol–water partition coefficient (Wildman–Crippen LogP) is 4.45. The molecule has 1 saturated heterocycles. The summed E-state index contributed by atoms with van der Waals surface area (Å²) in [4.78, 5) is 22.4. The van der Waals surface area contributed by atoms with Gasteiger partial charge in [-0.15, -0.1) is 0 Å². The minimum atomic E-state index is -3.61. The number of alkyl halides is 1. The van der Waals surface area contributed by atoms with Crippen LogP contribution in [0.3, 0.4) is 0 Å². The van der Waals surface area contributed by atoms with Crippen LogP contribution in [0.4, 0.5) is 21.5 Å². The van der Waals surface area contributed by atoms with Crippen LogP contribution in [0.2, 0.25) is 0 Å². The van der Waals surface area contributed by atoms with Crippen LogP contribution in [0.15, 0.2) is 36.7 Å². The number of nitrogens with zero attached hydrogens (tertiary/aromatic N) is 6. The molecule has 1 N–H and O–H groups in total. The summed E-state index contributed by atoms with van der Waals surface area (Å²) in [6.07, 6.45) is 6.44. The molecular weight excluding hydrogens is 561 g/mol. The Morgan fingerprint density at radius 3 is 2.62 bits per heavy atom. The van der Waals surface area contributed by atoms with E-state index in [1.165, 1.54) is 11.4 Å². The molecule has 1 aromatic carbocycles. The Bertz CT molecular complexity index is 1780. The Balaban J connectivity index is 1.46. The van der Waals surface area contributed by atoms with Crippen molar-refractivity contribution < 1.29 is 22.3 Å². The maximum atomic E-state index is 13.7. The van der Waals surface area contributed by atoms with Crippen LogP contribution in [0.25, 0.3) is 22.3 Å². The van der Waals surface area contributed by atoms with Crippen molar-refractivity contribution in [2.45, 2.75) is 51.4 Å². The van der Waals surface area contributed by atoms with Crippen molar-refractivity contribution in [2.75, 3.05) is 29.5 Å². The number of carbonyl (C=O) groups excluding carboxylic acids is 1. The minimum absolute atomic E-state index is 0.0124. The van der Waals surface area contributed by atoms with Crippen molar-refractivity contribution in [1.82, 2.24) is 24.3 Å². The van der Waals surface area contributed by atoms with Crippen LogP contribution in [0, 0.1) is 12.8 Å². The zero-order chi connectivity index (χ0) is 29.8. The zero-order valence-electron chi connectivity index (χ0n) is 24.0. The van der Waals surface area contributed by atoms with E-state index in [-0.39, 0.29) is 24.9 Å². The number of rotatable bonds is 9. The lowest BCUT2D eigenvalue weighted by molar-refractivity contribution is -0.120. The molecular formula is C29H34FN7O4S. The molecule has 1 saturated carbocycles. The Hall–Kier alpha value is -3.84. The molecule has 1 aliphatic carbocycles. The number of Topliss-reactive ketones (excluding diaryl/α,β-unsaturated/α-hetero) is 1. The van der Waals surface area contributed by atoms with Crippen molar-refractivity contribution >= 4 is 44.0 Å². The van der Waals surface area contributed by atoms with Gasteiger partial charge in [-0.25, -0.2) is 22.8 Å². The van der Waals surface area contributed by atoms with E-state index < -0.39 is 22.1 Å². The molecule has 1 aliphatic heterocycles. The molecule has 0 bridgehead atoms. The van der Waals surface area contributed by atoms with Crippen molar-refractivity contribution in [3.05, 3.63) is 48.2 Å². The number of nitrogens with one attached hydrogen (secondary N) is 1. The van der Waals surface area contributed by atoms with Crippen LogP contribution < -0.4 is 9.62 Å². The highest BCUT2D eigenvalue weighted by atomic mass is 32.2. The highest BCUT2D eigenvalue weighted by Gasteiger charge is 2.43. The van der Waals surface area contributed by atoms with Gasteiger partial charge in [-0.1, -0.05) is 6.07 Å². The molecule has 3 atom stereocenters. The summed E-state index contributed by atoms with van der Waals surface area (Å²) in [6.45, 7) is 2.52. The van der Waals surface area contributed by atoms with E-state index in [4.69, 9.17) is 14.7 Å². The molecule has 1 unspecified atom stereocenters. The second kappa shape index (κ2) is 10.8. The number of carbonyl (C=O) groups is 1. The molecule has 0 radical (unpaired) electrons. The maximum absolute atomic E-state index is 13.7. The van der Waals surface area contributed by atoms with E-state index in [0.717, 1.165) is 36.6 Å². The fraction of sp³-hybridized carbons (Fsp3) is 0.448. The largest absolute Gasteiger partial charge is 0.358 e. The first kappa shape index (κ1) is 28.3. The molecule has 4 heterocycles. The van der Waals surface area contributed by atoms with E-state index in [9.17, 15) is 17.6 Å². The highest BCUT2D eigenvalue weighted by molar-refractivity contribution is 7.92. The second-order valence-corrected chi connectivity index (χ2v) is 13.2. The summed E-state index contributed by atoms with van der Waals surface area (Å²) >= 11 is 0. The Kier molecular flexibility index (Phi) is 7.26. The number of fused-ring (bicyclic) bond motifs is 1. The quantitative estimate of drug-likeness (QED) is 0.301. The molecule has 42 heavy (non-hydrogen) atoms. The number of anilines is 3. The van der Waals surface area contributed by atoms with E-state index in [2.05, 4.69) is 10.4 Å². The summed E-state index contributed by atoms with van der Waals surface area (Å²) in [5.41, 5.74) is 4.75. The third-order valence-electron chi connectivity index (χ3n) is 7.94. The van der Waals surface area contributed by atoms with Crippen LogP contribution in [-0.4, -0.2) is 64.6 Å². The van der Waals surface area contributed by atoms with Crippen molar-refractivity contribution in [1.29, 1.82) is 0 Å². The smallest absolute Gasteiger partial charge is 0.232 e. The maximum Gasteiger partial charge on any atom is 0.232 e. The van der Waals surface area contributed by atoms with Gasteiger partial charge < -0.3 is 10.1 Å². The molecule has 13 heteroatoms. The standard InChI is InChI=1S/C29H34FN7O4S/c1-17-32-28-24(34-23-9-8-18(19-15-31-35(2)16-19)11-25(23)36(3)42(4,39)40)12-20(13-26(38)21-14-22(21)30)33-29(28)37(17)27-7-5-6-10-41-27/h8-9,11-12,15-16,21-22,27H,5-7,10,13-14H2,1-4H3,(H,33,34)/t21-,22+,27?/m1/s1. The SMILES string of the molecule is Cc1nc2c(Nc3ccc(-c4cnn(C)c4)cc3N(C)S(C)(=O)=O)cc(CC(=O)[C@@H]3C[C@@H]3F)nc2n1C1CCCCO1. The highest BCUT2D eigenvalue weighted by Crippen LogP contribution is 2.39. The van der Waals surface area contributed by atoms with Gasteiger partial charge in [0.15, 0.2) is 5.65 Å². The molecule has 222 valence electrons. The first-order chi connectivity index (χ1) is 20.0. The fourth-order valence-electron chi connectivity index (χ4n) is 5.46. The second-order valence-electron chi connectivity index (χ2n) is 11.2. The molecule has 2 aliphatic rings. The predicted molar refractivity (Wildman–Crippen MR) is 158 cm³/mol. The topological polar surface area (TPSA) is 124 Å². The van der Waals surface area contributed by atoms with Gasteiger partial charge in [-0.05, 0) is 56.4 Å². The van der Waals surface area contributed by atoms with E-state index in [0.29, 0.717) is 46.4 Å². The van der Waals surface area contributed by atoms with Crippen LogP contribution in [-0.2, 0) is 33.0 Å². The number of aryl methyl sites for hydroxylation is 2. The number of hydrogen-bond acceptors (Lipinski definition) is 8. The first-order valence-electron chi connectivity index (χ1n) is 14.0. The summed E-state index contributed by atoms with van der Waals surface area (Å²) in [7, 11) is -0.299. The average Bonchev–Trinajstić information content (AvgIpc) is 3.36. The van der Waals surface area contributed by atoms with Gasteiger partial charge in [0.2, 0.25) is 10.0 Å². The van der Waals surface area contributed by atoms with E-state index >= 15 is 0 Å². The van der Waals surface area contributed by atoms with Gasteiger partial charge in [0.1, 0.15) is 29.5 Å². The number of imidazole rings is 1. The van der Waals surface area contributed by atoms with Gasteiger partial charge >= 0.3 is 0 Å². The van der Waals surface area contributed by atoms with Gasteiger partial charge in [0, 0.05) is 38.9 Å². The monoisotopic (exact) mass is 595 g/mol. The average molecular weight is 596 g/mol. The molecule has 4 aromatic rings. The summed E-state index contributed by atoms with van der Waals surface area (Å²) in [5, 5.41) is 7.63. The minimum Gasteiger partial charge on any atom is -0.358 e. The molecule has 6 rings (SSSR count). The third-order valence-corrected chi connectivity index (χ3v) is 9.14. The van der Waals surface area contributed by atoms with Gasteiger partial charge in [-0.3, -0.25) is 18.3 Å². The number of halogens is 1. The lowest BCUT2D eigenvalue weighted by Gasteiger charge is -2.25. The van der Waals surface area contributed by atoms with Crippen LogP contribution in [0.1, 0.15) is 43.4 Å². The number of aromatic nitrogens is 5. The lowest BCUT2D eigenvalue weighted by atomic mass is 10.1. The summed E-state index contributed by atoms with van der Waals surface area (Å²) < 4.78 is 49.9. The van der Waals surface area contributed by atoms with Crippen molar-refractivity contribution in [2.24, 2.45) is 13.0 Å². The number of pyridine rings is 1. The molecule has 0 amide bonds. The molecule has 11 nitrogen and oxygen atoms in total. The number of ketones is 1.